The first kappa shape index (κ1) is 12.8. The molecule has 0 amide bonds. The van der Waals surface area contributed by atoms with E-state index in [0.29, 0.717) is 6.04 Å². The van der Waals surface area contributed by atoms with Crippen molar-refractivity contribution in [2.45, 2.75) is 46.1 Å². The lowest BCUT2D eigenvalue weighted by Crippen LogP contribution is -2.17. The van der Waals surface area contributed by atoms with Gasteiger partial charge in [-0.2, -0.15) is 0 Å². The number of carbonyl (C=O) groups excluding carboxylic acids is 1. The molecule has 1 N–H and O–H groups in total. The lowest BCUT2D eigenvalue weighted by molar-refractivity contribution is 0.101. The Morgan fingerprint density at radius 3 is 2.31 bits per heavy atom. The van der Waals surface area contributed by atoms with Crippen molar-refractivity contribution in [2.75, 3.05) is 5.32 Å². The lowest BCUT2D eigenvalue weighted by Gasteiger charge is -2.17. The normalized spacial score (nSPS) is 12.2. The van der Waals surface area contributed by atoms with E-state index in [1.165, 1.54) is 12.8 Å². The summed E-state index contributed by atoms with van der Waals surface area (Å²) in [6.45, 7) is 5.98. The molecule has 0 bridgehead atoms. The van der Waals surface area contributed by atoms with E-state index in [2.05, 4.69) is 19.2 Å². The maximum Gasteiger partial charge on any atom is 0.159 e. The second-order valence-electron chi connectivity index (χ2n) is 4.17. The molecule has 0 spiro atoms. The van der Waals surface area contributed by atoms with Crippen molar-refractivity contribution in [1.82, 2.24) is 0 Å². The molecule has 0 fully saturated rings. The molecular formula is C14H21NO. The van der Waals surface area contributed by atoms with Gasteiger partial charge in [0.2, 0.25) is 0 Å². The van der Waals surface area contributed by atoms with Crippen LogP contribution in [-0.4, -0.2) is 11.8 Å². The largest absolute Gasteiger partial charge is 0.382 e. The van der Waals surface area contributed by atoms with E-state index in [1.54, 1.807) is 6.92 Å². The fraction of sp³-hybridized carbons (Fsp3) is 0.500. The van der Waals surface area contributed by atoms with E-state index in [4.69, 9.17) is 0 Å². The molecule has 0 radical (unpaired) electrons. The van der Waals surface area contributed by atoms with Gasteiger partial charge in [-0.05, 0) is 44.0 Å². The molecule has 88 valence electrons. The van der Waals surface area contributed by atoms with Crippen molar-refractivity contribution in [3.8, 4) is 0 Å². The summed E-state index contributed by atoms with van der Waals surface area (Å²) in [6, 6.07) is 8.25. The number of nitrogens with one attached hydrogen (secondary N) is 1. The molecule has 2 heteroatoms. The Morgan fingerprint density at radius 2 is 1.88 bits per heavy atom. The topological polar surface area (TPSA) is 29.1 Å². The SMILES string of the molecule is CCCC(CC)Nc1ccc(C(C)=O)cc1. The van der Waals surface area contributed by atoms with E-state index in [0.717, 1.165) is 17.7 Å². The highest BCUT2D eigenvalue weighted by Gasteiger charge is 2.05. The van der Waals surface area contributed by atoms with Gasteiger partial charge in [-0.1, -0.05) is 20.3 Å². The van der Waals surface area contributed by atoms with Crippen LogP contribution in [0.1, 0.15) is 50.4 Å². The Kier molecular flexibility index (Phi) is 5.03. The number of hydrogen-bond donors (Lipinski definition) is 1. The Balaban J connectivity index is 2.63. The monoisotopic (exact) mass is 219 g/mol. The molecule has 1 aromatic rings. The van der Waals surface area contributed by atoms with Gasteiger partial charge in [0.1, 0.15) is 0 Å². The van der Waals surface area contributed by atoms with Crippen molar-refractivity contribution >= 4 is 11.5 Å². The second-order valence-corrected chi connectivity index (χ2v) is 4.17. The van der Waals surface area contributed by atoms with Gasteiger partial charge < -0.3 is 5.32 Å². The van der Waals surface area contributed by atoms with Crippen LogP contribution in [0, 0.1) is 0 Å². The van der Waals surface area contributed by atoms with E-state index in [9.17, 15) is 4.79 Å². The van der Waals surface area contributed by atoms with E-state index >= 15 is 0 Å². The Bertz CT molecular complexity index is 329. The number of carbonyl (C=O) groups is 1. The van der Waals surface area contributed by atoms with Gasteiger partial charge in [-0.15, -0.1) is 0 Å². The number of benzene rings is 1. The number of Topliss-reactive ketones (excluding diaryl/α,β-unsaturated/α-hetero) is 1. The summed E-state index contributed by atoms with van der Waals surface area (Å²) in [5.41, 5.74) is 1.87. The average Bonchev–Trinajstić information content (AvgIpc) is 2.29. The van der Waals surface area contributed by atoms with Crippen molar-refractivity contribution in [2.24, 2.45) is 0 Å². The smallest absolute Gasteiger partial charge is 0.159 e. The predicted molar refractivity (Wildman–Crippen MR) is 69.1 cm³/mol. The first-order chi connectivity index (χ1) is 7.67. The van der Waals surface area contributed by atoms with Crippen LogP contribution in [0.15, 0.2) is 24.3 Å². The summed E-state index contributed by atoms with van der Waals surface area (Å²) < 4.78 is 0. The minimum atomic E-state index is 0.118. The molecule has 0 aliphatic heterocycles. The number of anilines is 1. The van der Waals surface area contributed by atoms with Gasteiger partial charge in [0.15, 0.2) is 5.78 Å². The van der Waals surface area contributed by atoms with Gasteiger partial charge in [-0.25, -0.2) is 0 Å². The molecule has 16 heavy (non-hydrogen) atoms. The standard InChI is InChI=1S/C14H21NO/c1-4-6-13(5-2)15-14-9-7-12(8-10-14)11(3)16/h7-10,13,15H,4-6H2,1-3H3. The van der Waals surface area contributed by atoms with Crippen molar-refractivity contribution in [1.29, 1.82) is 0 Å². The fourth-order valence-corrected chi connectivity index (χ4v) is 1.76. The lowest BCUT2D eigenvalue weighted by atomic mass is 10.1. The highest BCUT2D eigenvalue weighted by atomic mass is 16.1. The van der Waals surface area contributed by atoms with Crippen LogP contribution in [0.5, 0.6) is 0 Å². The van der Waals surface area contributed by atoms with Crippen LogP contribution in [0.4, 0.5) is 5.69 Å². The molecule has 0 aromatic heterocycles. The molecule has 0 saturated carbocycles. The molecule has 1 atom stereocenters. The van der Waals surface area contributed by atoms with Crippen LogP contribution in [0.2, 0.25) is 0 Å². The van der Waals surface area contributed by atoms with E-state index in [-0.39, 0.29) is 5.78 Å². The highest BCUT2D eigenvalue weighted by molar-refractivity contribution is 5.94. The molecule has 0 aliphatic rings. The average molecular weight is 219 g/mol. The summed E-state index contributed by atoms with van der Waals surface area (Å²) in [5.74, 6) is 0.118. The second kappa shape index (κ2) is 6.31. The molecule has 2 nitrogen and oxygen atoms in total. The maximum absolute atomic E-state index is 11.1. The van der Waals surface area contributed by atoms with Crippen LogP contribution in [-0.2, 0) is 0 Å². The van der Waals surface area contributed by atoms with Gasteiger partial charge in [-0.3, -0.25) is 4.79 Å². The zero-order valence-corrected chi connectivity index (χ0v) is 10.4. The fourth-order valence-electron chi connectivity index (χ4n) is 1.76. The minimum absolute atomic E-state index is 0.118. The molecule has 1 aromatic carbocycles. The third-order valence-electron chi connectivity index (χ3n) is 2.79. The third kappa shape index (κ3) is 3.69. The summed E-state index contributed by atoms with van der Waals surface area (Å²) in [7, 11) is 0. The molecular weight excluding hydrogens is 198 g/mol. The van der Waals surface area contributed by atoms with Crippen LogP contribution in [0.25, 0.3) is 0 Å². The summed E-state index contributed by atoms with van der Waals surface area (Å²) in [4.78, 5) is 11.1. The zero-order chi connectivity index (χ0) is 12.0. The van der Waals surface area contributed by atoms with Gasteiger partial charge >= 0.3 is 0 Å². The summed E-state index contributed by atoms with van der Waals surface area (Å²) >= 11 is 0. The molecule has 0 saturated heterocycles. The molecule has 0 aliphatic carbocycles. The molecule has 0 heterocycles. The maximum atomic E-state index is 11.1. The number of hydrogen-bond acceptors (Lipinski definition) is 2. The Labute approximate surface area is 98.1 Å². The first-order valence-electron chi connectivity index (χ1n) is 6.04. The zero-order valence-electron chi connectivity index (χ0n) is 10.4. The van der Waals surface area contributed by atoms with Crippen molar-refractivity contribution < 1.29 is 4.79 Å². The quantitative estimate of drug-likeness (QED) is 0.736. The molecule has 1 unspecified atom stereocenters. The van der Waals surface area contributed by atoms with Crippen molar-refractivity contribution in [3.05, 3.63) is 29.8 Å². The van der Waals surface area contributed by atoms with Crippen molar-refractivity contribution in [3.63, 3.8) is 0 Å². The minimum Gasteiger partial charge on any atom is -0.382 e. The van der Waals surface area contributed by atoms with Crippen LogP contribution < -0.4 is 5.32 Å². The Hall–Kier alpha value is -1.31. The van der Waals surface area contributed by atoms with Gasteiger partial charge in [0.25, 0.3) is 0 Å². The Morgan fingerprint density at radius 1 is 1.25 bits per heavy atom. The van der Waals surface area contributed by atoms with E-state index < -0.39 is 0 Å². The molecule has 1 rings (SSSR count). The summed E-state index contributed by atoms with van der Waals surface area (Å²) in [5, 5.41) is 3.48. The van der Waals surface area contributed by atoms with Crippen LogP contribution >= 0.6 is 0 Å². The number of rotatable bonds is 6. The highest BCUT2D eigenvalue weighted by Crippen LogP contribution is 2.14. The number of ketones is 1. The van der Waals surface area contributed by atoms with Crippen LogP contribution in [0.3, 0.4) is 0 Å². The van der Waals surface area contributed by atoms with Gasteiger partial charge in [0, 0.05) is 17.3 Å². The predicted octanol–water partition coefficient (Wildman–Crippen LogP) is 3.88. The third-order valence-corrected chi connectivity index (χ3v) is 2.79. The van der Waals surface area contributed by atoms with E-state index in [1.807, 2.05) is 24.3 Å². The van der Waals surface area contributed by atoms with Gasteiger partial charge in [0.05, 0.1) is 0 Å². The summed E-state index contributed by atoms with van der Waals surface area (Å²) in [6.07, 6.45) is 3.50. The first-order valence-corrected chi connectivity index (χ1v) is 6.04.